The molecule has 3 heteroatoms. The van der Waals surface area contributed by atoms with Crippen molar-refractivity contribution in [1.29, 1.82) is 0 Å². The fourth-order valence-corrected chi connectivity index (χ4v) is 2.25. The van der Waals surface area contributed by atoms with Crippen molar-refractivity contribution in [2.75, 3.05) is 13.2 Å². The van der Waals surface area contributed by atoms with Crippen LogP contribution < -0.4 is 5.32 Å². The Morgan fingerprint density at radius 2 is 1.41 bits per heavy atom. The van der Waals surface area contributed by atoms with Crippen molar-refractivity contribution in [3.05, 3.63) is 71.8 Å². The first-order valence-electron chi connectivity index (χ1n) is 7.83. The molecule has 0 aliphatic carbocycles. The third kappa shape index (κ3) is 6.44. The molecule has 0 heterocycles. The van der Waals surface area contributed by atoms with Crippen LogP contribution in [-0.4, -0.2) is 19.2 Å². The lowest BCUT2D eigenvalue weighted by Gasteiger charge is -2.07. The summed E-state index contributed by atoms with van der Waals surface area (Å²) in [6.07, 6.45) is 3.50. The second kappa shape index (κ2) is 9.61. The van der Waals surface area contributed by atoms with Gasteiger partial charge in [0.1, 0.15) is 0 Å². The number of ether oxygens (including phenoxy) is 1. The number of rotatable bonds is 8. The van der Waals surface area contributed by atoms with Crippen LogP contribution in [0.2, 0.25) is 0 Å². The van der Waals surface area contributed by atoms with Crippen LogP contribution in [-0.2, 0) is 17.6 Å². The molecule has 0 aliphatic rings. The Hall–Kier alpha value is -2.29. The molecule has 116 valence electrons. The van der Waals surface area contributed by atoms with Crippen molar-refractivity contribution in [2.45, 2.75) is 25.7 Å². The van der Waals surface area contributed by atoms with Gasteiger partial charge in [0.25, 0.3) is 0 Å². The van der Waals surface area contributed by atoms with Crippen LogP contribution in [0.4, 0.5) is 4.79 Å². The number of amides is 1. The normalized spacial score (nSPS) is 10.2. The number of benzene rings is 2. The SMILES string of the molecule is O=C(NCCCCc1ccccc1)OCCc1ccccc1. The Bertz CT molecular complexity index is 540. The average Bonchev–Trinajstić information content (AvgIpc) is 2.56. The standard InChI is InChI=1S/C19H23NO2/c21-19(22-16-14-18-11-5-2-6-12-18)20-15-8-7-13-17-9-3-1-4-10-17/h1-6,9-12H,7-8,13-16H2,(H,20,21). The molecular weight excluding hydrogens is 274 g/mol. The summed E-state index contributed by atoms with van der Waals surface area (Å²) < 4.78 is 5.16. The smallest absolute Gasteiger partial charge is 0.407 e. The zero-order chi connectivity index (χ0) is 15.5. The van der Waals surface area contributed by atoms with E-state index in [1.54, 1.807) is 0 Å². The number of aryl methyl sites for hydroxylation is 1. The van der Waals surface area contributed by atoms with E-state index in [0.717, 1.165) is 25.7 Å². The molecule has 1 amide bonds. The van der Waals surface area contributed by atoms with E-state index < -0.39 is 0 Å². The lowest BCUT2D eigenvalue weighted by Crippen LogP contribution is -2.26. The average molecular weight is 297 g/mol. The molecule has 0 bridgehead atoms. The zero-order valence-corrected chi connectivity index (χ0v) is 12.8. The van der Waals surface area contributed by atoms with Gasteiger partial charge in [-0.05, 0) is 30.4 Å². The summed E-state index contributed by atoms with van der Waals surface area (Å²) in [4.78, 5) is 11.5. The van der Waals surface area contributed by atoms with Gasteiger partial charge in [0.05, 0.1) is 6.61 Å². The van der Waals surface area contributed by atoms with Gasteiger partial charge in [-0.3, -0.25) is 0 Å². The second-order valence-corrected chi connectivity index (χ2v) is 5.24. The summed E-state index contributed by atoms with van der Waals surface area (Å²) >= 11 is 0. The third-order valence-corrected chi connectivity index (χ3v) is 3.47. The highest BCUT2D eigenvalue weighted by Crippen LogP contribution is 2.04. The molecule has 0 atom stereocenters. The van der Waals surface area contributed by atoms with Crippen molar-refractivity contribution in [3.63, 3.8) is 0 Å². The minimum absolute atomic E-state index is 0.323. The molecule has 0 fully saturated rings. The molecule has 2 aromatic rings. The monoisotopic (exact) mass is 297 g/mol. The summed E-state index contributed by atoms with van der Waals surface area (Å²) in [5.41, 5.74) is 2.52. The number of alkyl carbamates (subject to hydrolysis) is 1. The summed E-state index contributed by atoms with van der Waals surface area (Å²) in [6, 6.07) is 20.4. The van der Waals surface area contributed by atoms with E-state index in [-0.39, 0.29) is 6.09 Å². The summed E-state index contributed by atoms with van der Waals surface area (Å²) in [7, 11) is 0. The van der Waals surface area contributed by atoms with Gasteiger partial charge < -0.3 is 10.1 Å². The molecule has 2 rings (SSSR count). The van der Waals surface area contributed by atoms with E-state index in [1.807, 2.05) is 36.4 Å². The topological polar surface area (TPSA) is 38.3 Å². The minimum atomic E-state index is -0.323. The largest absolute Gasteiger partial charge is 0.449 e. The Morgan fingerprint density at radius 1 is 0.818 bits per heavy atom. The summed E-state index contributed by atoms with van der Waals surface area (Å²) in [6.45, 7) is 1.08. The number of carbonyl (C=O) groups excluding carboxylic acids is 1. The summed E-state index contributed by atoms with van der Waals surface area (Å²) in [5.74, 6) is 0. The highest BCUT2D eigenvalue weighted by atomic mass is 16.5. The molecular formula is C19H23NO2. The van der Waals surface area contributed by atoms with E-state index in [0.29, 0.717) is 13.2 Å². The maximum atomic E-state index is 11.5. The van der Waals surface area contributed by atoms with Crippen LogP contribution >= 0.6 is 0 Å². The highest BCUT2D eigenvalue weighted by Gasteiger charge is 2.01. The molecule has 1 N–H and O–H groups in total. The Balaban J connectivity index is 1.49. The first kappa shape index (κ1) is 16.1. The van der Waals surface area contributed by atoms with Gasteiger partial charge in [-0.1, -0.05) is 60.7 Å². The Kier molecular flexibility index (Phi) is 7.03. The van der Waals surface area contributed by atoms with Gasteiger partial charge in [-0.2, -0.15) is 0 Å². The van der Waals surface area contributed by atoms with Crippen LogP contribution in [0, 0.1) is 0 Å². The molecule has 2 aromatic carbocycles. The van der Waals surface area contributed by atoms with E-state index in [9.17, 15) is 4.79 Å². The van der Waals surface area contributed by atoms with Crippen molar-refractivity contribution in [2.24, 2.45) is 0 Å². The van der Waals surface area contributed by atoms with Gasteiger partial charge in [0.15, 0.2) is 0 Å². The molecule has 0 aromatic heterocycles. The minimum Gasteiger partial charge on any atom is -0.449 e. The summed E-state index contributed by atoms with van der Waals surface area (Å²) in [5, 5.41) is 2.79. The van der Waals surface area contributed by atoms with Crippen molar-refractivity contribution in [1.82, 2.24) is 5.32 Å². The van der Waals surface area contributed by atoms with Crippen LogP contribution in [0.5, 0.6) is 0 Å². The number of nitrogens with one attached hydrogen (secondary N) is 1. The van der Waals surface area contributed by atoms with E-state index in [4.69, 9.17) is 4.74 Å². The van der Waals surface area contributed by atoms with Crippen molar-refractivity contribution >= 4 is 6.09 Å². The first-order chi connectivity index (χ1) is 10.8. The molecule has 0 aliphatic heterocycles. The lowest BCUT2D eigenvalue weighted by atomic mass is 10.1. The Morgan fingerprint density at radius 3 is 2.05 bits per heavy atom. The van der Waals surface area contributed by atoms with E-state index >= 15 is 0 Å². The number of hydrogen-bond donors (Lipinski definition) is 1. The van der Waals surface area contributed by atoms with Gasteiger partial charge in [0.2, 0.25) is 0 Å². The maximum Gasteiger partial charge on any atom is 0.407 e. The Labute approximate surface area is 132 Å². The molecule has 22 heavy (non-hydrogen) atoms. The molecule has 0 saturated heterocycles. The predicted octanol–water partition coefficient (Wildman–Crippen LogP) is 3.98. The van der Waals surface area contributed by atoms with Crippen LogP contribution in [0.1, 0.15) is 24.0 Å². The number of hydrogen-bond acceptors (Lipinski definition) is 2. The number of carbonyl (C=O) groups is 1. The van der Waals surface area contributed by atoms with Crippen LogP contribution in [0.25, 0.3) is 0 Å². The van der Waals surface area contributed by atoms with Gasteiger partial charge in [-0.15, -0.1) is 0 Å². The molecule has 0 saturated carbocycles. The molecule has 0 unspecified atom stereocenters. The van der Waals surface area contributed by atoms with Gasteiger partial charge in [0, 0.05) is 13.0 Å². The van der Waals surface area contributed by atoms with Crippen LogP contribution in [0.15, 0.2) is 60.7 Å². The van der Waals surface area contributed by atoms with Crippen molar-refractivity contribution < 1.29 is 9.53 Å². The fourth-order valence-electron chi connectivity index (χ4n) is 2.25. The lowest BCUT2D eigenvalue weighted by molar-refractivity contribution is 0.147. The van der Waals surface area contributed by atoms with Gasteiger partial charge in [-0.25, -0.2) is 4.79 Å². The third-order valence-electron chi connectivity index (χ3n) is 3.47. The van der Waals surface area contributed by atoms with E-state index in [2.05, 4.69) is 29.6 Å². The quantitative estimate of drug-likeness (QED) is 0.748. The predicted molar refractivity (Wildman–Crippen MR) is 88.9 cm³/mol. The fraction of sp³-hybridized carbons (Fsp3) is 0.316. The number of unbranched alkanes of at least 4 members (excludes halogenated alkanes) is 1. The second-order valence-electron chi connectivity index (χ2n) is 5.24. The molecule has 0 radical (unpaired) electrons. The highest BCUT2D eigenvalue weighted by molar-refractivity contribution is 5.67. The zero-order valence-electron chi connectivity index (χ0n) is 12.8. The van der Waals surface area contributed by atoms with E-state index in [1.165, 1.54) is 11.1 Å². The van der Waals surface area contributed by atoms with Crippen LogP contribution in [0.3, 0.4) is 0 Å². The first-order valence-corrected chi connectivity index (χ1v) is 7.83. The molecule has 3 nitrogen and oxygen atoms in total. The maximum absolute atomic E-state index is 11.5. The molecule has 0 spiro atoms. The van der Waals surface area contributed by atoms with Crippen molar-refractivity contribution in [3.8, 4) is 0 Å². The van der Waals surface area contributed by atoms with Gasteiger partial charge >= 0.3 is 6.09 Å².